The first-order valence-electron chi connectivity index (χ1n) is 9.44. The van der Waals surface area contributed by atoms with Crippen LogP contribution in [0.1, 0.15) is 38.2 Å². The molecular weight excluding hydrogens is 300 g/mol. The highest BCUT2D eigenvalue weighted by Gasteiger charge is 2.39. The molecule has 1 aromatic carbocycles. The van der Waals surface area contributed by atoms with E-state index in [1.807, 2.05) is 31.2 Å². The van der Waals surface area contributed by atoms with Crippen molar-refractivity contribution in [3.63, 3.8) is 0 Å². The predicted molar refractivity (Wildman–Crippen MR) is 95.2 cm³/mol. The number of rotatable bonds is 7. The first-order chi connectivity index (χ1) is 11.5. The zero-order valence-electron chi connectivity index (χ0n) is 14.9. The highest BCUT2D eigenvalue weighted by molar-refractivity contribution is 5.32. The van der Waals surface area contributed by atoms with Crippen LogP contribution < -0.4 is 4.74 Å². The Morgan fingerprint density at radius 2 is 1.96 bits per heavy atom. The van der Waals surface area contributed by atoms with Gasteiger partial charge in [0.25, 0.3) is 0 Å². The van der Waals surface area contributed by atoms with Crippen LogP contribution in [0, 0.1) is 5.92 Å². The van der Waals surface area contributed by atoms with Crippen molar-refractivity contribution in [3.05, 3.63) is 29.8 Å². The van der Waals surface area contributed by atoms with Crippen LogP contribution in [0.25, 0.3) is 0 Å². The highest BCUT2D eigenvalue weighted by Crippen LogP contribution is 2.35. The molecule has 1 aliphatic carbocycles. The topological polar surface area (TPSA) is 35.7 Å². The van der Waals surface area contributed by atoms with E-state index in [-0.39, 0.29) is 6.04 Å². The normalized spacial score (nSPS) is 32.5. The molecule has 24 heavy (non-hydrogen) atoms. The summed E-state index contributed by atoms with van der Waals surface area (Å²) in [6, 6.07) is 8.87. The third kappa shape index (κ3) is 3.46. The van der Waals surface area contributed by atoms with Crippen molar-refractivity contribution >= 4 is 0 Å². The largest absolute Gasteiger partial charge is 0.492 e. The molecule has 132 valence electrons. The lowest BCUT2D eigenvalue weighted by atomic mass is 9.87. The van der Waals surface area contributed by atoms with Crippen LogP contribution in [0.15, 0.2) is 24.3 Å². The Morgan fingerprint density at radius 3 is 2.58 bits per heavy atom. The highest BCUT2D eigenvalue weighted by atomic mass is 16.5. The number of hydrogen-bond acceptors (Lipinski definition) is 4. The number of nitrogens with zero attached hydrogens (tertiary/aromatic N) is 2. The summed E-state index contributed by atoms with van der Waals surface area (Å²) >= 11 is 0. The molecule has 0 radical (unpaired) electrons. The van der Waals surface area contributed by atoms with Crippen LogP contribution in [0.4, 0.5) is 0 Å². The lowest BCUT2D eigenvalue weighted by Gasteiger charge is -2.35. The van der Waals surface area contributed by atoms with Crippen molar-refractivity contribution in [2.24, 2.45) is 5.92 Å². The van der Waals surface area contributed by atoms with Gasteiger partial charge in [0.15, 0.2) is 0 Å². The zero-order valence-corrected chi connectivity index (χ0v) is 14.9. The Bertz CT molecular complexity index is 568. The van der Waals surface area contributed by atoms with Gasteiger partial charge in [0.05, 0.1) is 6.04 Å². The molecule has 0 spiro atoms. The Hall–Kier alpha value is -1.10. The molecular formula is C20H30N2O2. The summed E-state index contributed by atoms with van der Waals surface area (Å²) in [5.74, 6) is 1.87. The smallest absolute Gasteiger partial charge is 0.119 e. The van der Waals surface area contributed by atoms with Gasteiger partial charge >= 0.3 is 0 Å². The van der Waals surface area contributed by atoms with Gasteiger partial charge < -0.3 is 14.7 Å². The van der Waals surface area contributed by atoms with Crippen LogP contribution in [0.5, 0.6) is 5.75 Å². The van der Waals surface area contributed by atoms with Crippen molar-refractivity contribution in [2.75, 3.05) is 33.3 Å². The number of aliphatic hydroxyl groups is 1. The van der Waals surface area contributed by atoms with Crippen molar-refractivity contribution in [2.45, 2.75) is 50.3 Å². The first kappa shape index (κ1) is 16.4. The molecule has 1 aromatic rings. The summed E-state index contributed by atoms with van der Waals surface area (Å²) < 4.78 is 5.94. The maximum Gasteiger partial charge on any atom is 0.119 e. The Morgan fingerprint density at radius 1 is 1.21 bits per heavy atom. The third-order valence-electron chi connectivity index (χ3n) is 6.07. The number of ether oxygens (including phenoxy) is 1. The number of benzene rings is 1. The summed E-state index contributed by atoms with van der Waals surface area (Å²) in [6.45, 7) is 6.26. The molecule has 3 unspecified atom stereocenters. The van der Waals surface area contributed by atoms with Gasteiger partial charge in [-0.3, -0.25) is 4.90 Å². The molecule has 2 heterocycles. The second kappa shape index (κ2) is 6.32. The molecule has 0 bridgehead atoms. The second-order valence-corrected chi connectivity index (χ2v) is 8.17. The second-order valence-electron chi connectivity index (χ2n) is 8.17. The lowest BCUT2D eigenvalue weighted by molar-refractivity contribution is -0.0153. The van der Waals surface area contributed by atoms with Crippen molar-refractivity contribution < 1.29 is 9.84 Å². The van der Waals surface area contributed by atoms with Crippen LogP contribution in [0.2, 0.25) is 0 Å². The Labute approximate surface area is 145 Å². The maximum atomic E-state index is 11.0. The Kier molecular flexibility index (Phi) is 4.31. The van der Waals surface area contributed by atoms with Crippen molar-refractivity contribution in [1.29, 1.82) is 0 Å². The maximum absolute atomic E-state index is 11.0. The van der Waals surface area contributed by atoms with E-state index in [0.29, 0.717) is 6.04 Å². The minimum Gasteiger partial charge on any atom is -0.492 e. The van der Waals surface area contributed by atoms with Gasteiger partial charge in [0.1, 0.15) is 18.0 Å². The molecule has 4 heteroatoms. The molecule has 4 atom stereocenters. The zero-order chi connectivity index (χ0) is 16.7. The van der Waals surface area contributed by atoms with Gasteiger partial charge in [0.2, 0.25) is 0 Å². The lowest BCUT2D eigenvalue weighted by Crippen LogP contribution is -2.43. The van der Waals surface area contributed by atoms with E-state index in [0.717, 1.165) is 43.2 Å². The minimum atomic E-state index is -0.804. The van der Waals surface area contributed by atoms with Gasteiger partial charge in [-0.1, -0.05) is 12.1 Å². The fourth-order valence-corrected chi connectivity index (χ4v) is 4.13. The molecule has 2 saturated heterocycles. The van der Waals surface area contributed by atoms with Gasteiger partial charge in [-0.25, -0.2) is 0 Å². The summed E-state index contributed by atoms with van der Waals surface area (Å²) in [7, 11) is 2.10. The molecule has 2 aliphatic heterocycles. The van der Waals surface area contributed by atoms with E-state index in [4.69, 9.17) is 4.74 Å². The monoisotopic (exact) mass is 330 g/mol. The Balaban J connectivity index is 1.31. The van der Waals surface area contributed by atoms with Gasteiger partial charge in [-0.15, -0.1) is 0 Å². The average molecular weight is 330 g/mol. The molecule has 4 rings (SSSR count). The van der Waals surface area contributed by atoms with Gasteiger partial charge in [-0.05, 0) is 69.8 Å². The summed E-state index contributed by atoms with van der Waals surface area (Å²) in [4.78, 5) is 4.79. The van der Waals surface area contributed by atoms with Crippen LogP contribution >= 0.6 is 0 Å². The molecule has 0 aromatic heterocycles. The van der Waals surface area contributed by atoms with Gasteiger partial charge in [0, 0.05) is 19.1 Å². The van der Waals surface area contributed by atoms with E-state index in [1.54, 1.807) is 0 Å². The predicted octanol–water partition coefficient (Wildman–Crippen LogP) is 2.46. The summed E-state index contributed by atoms with van der Waals surface area (Å²) in [5.41, 5.74) is 0.178. The molecule has 1 saturated carbocycles. The van der Waals surface area contributed by atoms with E-state index in [1.165, 1.54) is 25.9 Å². The molecule has 1 N–H and O–H groups in total. The molecule has 3 fully saturated rings. The molecule has 3 aliphatic rings. The summed E-state index contributed by atoms with van der Waals surface area (Å²) in [5, 5.41) is 11.0. The standard InChI is InChI=1S/C20H30N2O2/c1-20(23,19-4-3-11-21(19)2)16-7-9-18(10-8-16)24-14-17-13-22(17)12-15-5-6-15/h7-10,15,17,19,23H,3-6,11-14H2,1-2H3/t17?,19-,20?,22?/m1/s1. The van der Waals surface area contributed by atoms with Gasteiger partial charge in [-0.2, -0.15) is 0 Å². The number of likely N-dealkylation sites (tertiary alicyclic amines) is 1. The fourth-order valence-electron chi connectivity index (χ4n) is 4.13. The molecule has 0 amide bonds. The van der Waals surface area contributed by atoms with E-state index in [9.17, 15) is 5.11 Å². The summed E-state index contributed by atoms with van der Waals surface area (Å²) in [6.07, 6.45) is 5.06. The molecule has 4 nitrogen and oxygen atoms in total. The first-order valence-corrected chi connectivity index (χ1v) is 9.44. The van der Waals surface area contributed by atoms with Crippen molar-refractivity contribution in [3.8, 4) is 5.75 Å². The SMILES string of the molecule is CN1CCC[C@@H]1C(C)(O)c1ccc(OCC2CN2CC2CC2)cc1. The van der Waals surface area contributed by atoms with Crippen LogP contribution in [-0.4, -0.2) is 60.3 Å². The average Bonchev–Trinajstić information content (AvgIpc) is 3.48. The quantitative estimate of drug-likeness (QED) is 0.779. The minimum absolute atomic E-state index is 0.201. The van der Waals surface area contributed by atoms with E-state index < -0.39 is 5.60 Å². The van der Waals surface area contributed by atoms with Crippen LogP contribution in [0.3, 0.4) is 0 Å². The van der Waals surface area contributed by atoms with Crippen molar-refractivity contribution in [1.82, 2.24) is 9.80 Å². The van der Waals surface area contributed by atoms with E-state index in [2.05, 4.69) is 16.8 Å². The van der Waals surface area contributed by atoms with E-state index >= 15 is 0 Å². The van der Waals surface area contributed by atoms with Crippen LogP contribution in [-0.2, 0) is 5.60 Å². The fraction of sp³-hybridized carbons (Fsp3) is 0.700. The number of hydrogen-bond donors (Lipinski definition) is 1. The third-order valence-corrected chi connectivity index (χ3v) is 6.07. The number of likely N-dealkylation sites (N-methyl/N-ethyl adjacent to an activating group) is 1.